The highest BCUT2D eigenvalue weighted by molar-refractivity contribution is 6.00. The average Bonchev–Trinajstić information content (AvgIpc) is 1.72. The number of aromatic amines is 7. The summed E-state index contributed by atoms with van der Waals surface area (Å²) in [5, 5.41) is 46.5. The van der Waals surface area contributed by atoms with Crippen LogP contribution in [0.5, 0.6) is 0 Å². The Labute approximate surface area is 559 Å². The number of nitro groups is 1. The number of H-pyrrole nitrogens is 7. The van der Waals surface area contributed by atoms with Crippen molar-refractivity contribution in [3.63, 3.8) is 0 Å². The van der Waals surface area contributed by atoms with Crippen molar-refractivity contribution < 1.29 is 47.9 Å². The molecule has 8 aromatic heterocycles. The van der Waals surface area contributed by atoms with Gasteiger partial charge in [0.2, 0.25) is 52.8 Å². The SMILES string of the molecule is O=C1N[C@H](CCCCNc2ccc([N+](=O)[O-])c3nonc23)C(=O)N[C@@H](Cc2c[nH]cn2)C(=O)N[C@H](Cc2c[nH]cn2)C(=O)N[C@@H](Cc2c[nH]cn2)C(=O)N[C@H](Cc2c[nH]cn2)C(=O)N[C@@H](Cc2c[nH]c3ccccc23)C(=O)N[C@H](Cc2c[nH]c3ccccc23)C(=O)N[C@H]1Cc1c[nH]cn1. The van der Waals surface area contributed by atoms with Gasteiger partial charge in [0.25, 0.3) is 0 Å². The summed E-state index contributed by atoms with van der Waals surface area (Å²) >= 11 is 0. The maximum Gasteiger partial charge on any atom is 0.300 e. The van der Waals surface area contributed by atoms with E-state index in [1.54, 1.807) is 12.4 Å². The van der Waals surface area contributed by atoms with Crippen LogP contribution in [0.3, 0.4) is 0 Å². The van der Waals surface area contributed by atoms with Crippen molar-refractivity contribution in [2.45, 2.75) is 113 Å². The molecule has 1 fully saturated rings. The van der Waals surface area contributed by atoms with Gasteiger partial charge in [0, 0.05) is 123 Å². The number of benzene rings is 3. The van der Waals surface area contributed by atoms with Crippen LogP contribution >= 0.6 is 0 Å². The molecule has 35 nitrogen and oxygen atoms in total. The molecular formula is C64H68N24O11. The molecule has 0 spiro atoms. The lowest BCUT2D eigenvalue weighted by atomic mass is 10.00. The first-order chi connectivity index (χ1) is 48.2. The van der Waals surface area contributed by atoms with Gasteiger partial charge in [-0.15, -0.1) is 0 Å². The van der Waals surface area contributed by atoms with E-state index in [1.807, 2.05) is 48.5 Å². The van der Waals surface area contributed by atoms with Gasteiger partial charge in [-0.05, 0) is 58.9 Å². The topological polar surface area (TPSA) is 502 Å². The minimum atomic E-state index is -1.53. The molecular weight excluding hydrogens is 1280 g/mol. The third kappa shape index (κ3) is 16.5. The molecule has 3 aromatic carbocycles. The number of nitrogens with one attached hydrogen (secondary N) is 16. The van der Waals surface area contributed by atoms with Gasteiger partial charge >= 0.3 is 5.69 Å². The third-order valence-corrected chi connectivity index (χ3v) is 16.9. The molecule has 35 heteroatoms. The number of para-hydroxylation sites is 2. The third-order valence-electron chi connectivity index (χ3n) is 16.9. The Morgan fingerprint density at radius 2 is 0.727 bits per heavy atom. The van der Waals surface area contributed by atoms with Gasteiger partial charge < -0.3 is 82.7 Å². The fourth-order valence-electron chi connectivity index (χ4n) is 11.9. The molecule has 0 aliphatic carbocycles. The summed E-state index contributed by atoms with van der Waals surface area (Å²) in [6.45, 7) is 0.204. The molecule has 1 aliphatic rings. The van der Waals surface area contributed by atoms with E-state index >= 15 is 38.4 Å². The number of hydrogen-bond acceptors (Lipinski definition) is 19. The van der Waals surface area contributed by atoms with Crippen molar-refractivity contribution in [3.05, 3.63) is 185 Å². The molecule has 16 N–H and O–H groups in total. The van der Waals surface area contributed by atoms with Crippen molar-refractivity contribution in [2.75, 3.05) is 11.9 Å². The zero-order valence-corrected chi connectivity index (χ0v) is 52.7. The average molecular weight is 1350 g/mol. The molecule has 11 aromatic rings. The normalized spacial score (nSPS) is 20.4. The smallest absolute Gasteiger partial charge is 0.300 e. The Kier molecular flexibility index (Phi) is 20.5. The summed E-state index contributed by atoms with van der Waals surface area (Å²) in [5.74, 6) is -7.02. The summed E-state index contributed by atoms with van der Waals surface area (Å²) in [6, 6.07) is 5.25. The Morgan fingerprint density at radius 3 is 1.08 bits per heavy atom. The monoisotopic (exact) mass is 1350 g/mol. The Morgan fingerprint density at radius 1 is 0.394 bits per heavy atom. The number of rotatable bonds is 21. The predicted octanol–water partition coefficient (Wildman–Crippen LogP) is 0.882. The van der Waals surface area contributed by atoms with Crippen molar-refractivity contribution in [1.82, 2.24) is 113 Å². The molecule has 0 saturated carbocycles. The number of anilines is 1. The molecule has 8 atom stereocenters. The van der Waals surface area contributed by atoms with Gasteiger partial charge in [0.1, 0.15) is 48.3 Å². The predicted molar refractivity (Wildman–Crippen MR) is 352 cm³/mol. The molecule has 9 heterocycles. The molecule has 1 aliphatic heterocycles. The fraction of sp³-hybridized carbons (Fsp3) is 0.297. The number of hydrogen-bond donors (Lipinski definition) is 16. The van der Waals surface area contributed by atoms with E-state index in [4.69, 9.17) is 4.63 Å². The van der Waals surface area contributed by atoms with Crippen molar-refractivity contribution in [1.29, 1.82) is 0 Å². The zero-order valence-electron chi connectivity index (χ0n) is 52.7. The van der Waals surface area contributed by atoms with E-state index in [0.717, 1.165) is 10.9 Å². The van der Waals surface area contributed by atoms with Crippen LogP contribution in [0.25, 0.3) is 32.8 Å². The maximum atomic E-state index is 15.5. The highest BCUT2D eigenvalue weighted by atomic mass is 16.6. The van der Waals surface area contributed by atoms with E-state index in [0.29, 0.717) is 62.6 Å². The Bertz CT molecular complexity index is 4600. The standard InChI is InChI=1S/C64H68N24O11/c89-57-46(11-5-6-14-70-45-12-13-54(88(97)98)56-55(45)86-99-87-56)78-60(92)49(17-36-24-65-29-73-36)82-59(91)48(16-35-23-72-44-10-4-2-8-42(35)44)79-58(90)47(15-34-22-71-43-9-3-1-7-41(34)43)80-61(93)51(19-38-26-67-31-75-38)83-63(95)53(21-40-28-69-33-77-40)85-64(96)52(20-39-27-68-32-76-39)84-62(94)50(81-57)18-37-25-66-30-74-37/h1-4,7-10,12-13,22-33,46-53,70-72H,5-6,11,14-21H2,(H,65,73)(H,66,74)(H,67,75)(H,68,76)(H,69,77)(H,78,92)(H,79,90)(H,80,93)(H,81,89)(H,82,91)(H,83,95)(H,84,94)(H,85,96)/t46-,47+,48-,49+,50+,51-,52-,53+/m1/s1. The van der Waals surface area contributed by atoms with E-state index in [-0.39, 0.29) is 81.1 Å². The number of nitro benzene ring substituents is 1. The number of fused-ring (bicyclic) bond motifs is 3. The summed E-state index contributed by atoms with van der Waals surface area (Å²) in [6.07, 6.45) is 16.5. The fourth-order valence-corrected chi connectivity index (χ4v) is 11.9. The molecule has 8 amide bonds. The minimum Gasteiger partial charge on any atom is -0.383 e. The number of non-ortho nitro benzene ring substituents is 1. The Hall–Kier alpha value is -12.9. The first-order valence-electron chi connectivity index (χ1n) is 31.7. The van der Waals surface area contributed by atoms with Gasteiger partial charge in [-0.25, -0.2) is 29.5 Å². The minimum absolute atomic E-state index is 0.0781. The van der Waals surface area contributed by atoms with E-state index in [2.05, 4.69) is 118 Å². The number of amides is 8. The molecule has 510 valence electrons. The van der Waals surface area contributed by atoms with Crippen molar-refractivity contribution in [3.8, 4) is 0 Å². The van der Waals surface area contributed by atoms with E-state index < -0.39 is 101 Å². The van der Waals surface area contributed by atoms with Crippen molar-refractivity contribution in [2.24, 2.45) is 0 Å². The molecule has 1 saturated heterocycles. The van der Waals surface area contributed by atoms with Crippen LogP contribution in [-0.4, -0.2) is 177 Å². The first-order valence-corrected chi connectivity index (χ1v) is 31.7. The van der Waals surface area contributed by atoms with Crippen LogP contribution in [-0.2, 0) is 83.3 Å². The summed E-state index contributed by atoms with van der Waals surface area (Å²) in [5.41, 5.74) is 4.25. The van der Waals surface area contributed by atoms with Crippen LogP contribution < -0.4 is 47.9 Å². The quantitative estimate of drug-likeness (QED) is 0.0270. The zero-order chi connectivity index (χ0) is 68.8. The second-order valence-electron chi connectivity index (χ2n) is 23.7. The number of carbonyl (C=O) groups excluding carboxylic acids is 8. The molecule has 12 rings (SSSR count). The molecule has 0 unspecified atom stereocenters. The molecule has 0 bridgehead atoms. The van der Waals surface area contributed by atoms with Crippen LogP contribution in [0.4, 0.5) is 11.4 Å². The molecule has 99 heavy (non-hydrogen) atoms. The highest BCUT2D eigenvalue weighted by Crippen LogP contribution is 2.29. The lowest BCUT2D eigenvalue weighted by molar-refractivity contribution is -0.383. The summed E-state index contributed by atoms with van der Waals surface area (Å²) in [7, 11) is 0. The first kappa shape index (κ1) is 66.2. The van der Waals surface area contributed by atoms with Crippen molar-refractivity contribution >= 4 is 91.5 Å². The van der Waals surface area contributed by atoms with Gasteiger partial charge in [0.05, 0.1) is 70.7 Å². The second kappa shape index (κ2) is 30.7. The van der Waals surface area contributed by atoms with E-state index in [9.17, 15) is 10.1 Å². The van der Waals surface area contributed by atoms with Gasteiger partial charge in [-0.3, -0.25) is 48.5 Å². The summed E-state index contributed by atoms with van der Waals surface area (Å²) in [4.78, 5) is 175. The summed E-state index contributed by atoms with van der Waals surface area (Å²) < 4.78 is 4.84. The number of carbonyl (C=O) groups is 8. The Balaban J connectivity index is 0.925. The maximum absolute atomic E-state index is 15.5. The number of imidazole rings is 5. The van der Waals surface area contributed by atoms with Gasteiger partial charge in [0.15, 0.2) is 5.52 Å². The van der Waals surface area contributed by atoms with E-state index in [1.165, 1.54) is 74.8 Å². The second-order valence-corrected chi connectivity index (χ2v) is 23.7. The lowest BCUT2D eigenvalue weighted by Gasteiger charge is -2.29. The van der Waals surface area contributed by atoms with Crippen LogP contribution in [0, 0.1) is 10.1 Å². The van der Waals surface area contributed by atoms with Crippen LogP contribution in [0.1, 0.15) is 58.9 Å². The van der Waals surface area contributed by atoms with Gasteiger partial charge in [-0.2, -0.15) is 0 Å². The van der Waals surface area contributed by atoms with Gasteiger partial charge in [-0.1, -0.05) is 36.4 Å². The van der Waals surface area contributed by atoms with Crippen LogP contribution in [0.15, 0.2) is 140 Å². The lowest BCUT2D eigenvalue weighted by Crippen LogP contribution is -2.62. The number of nitrogens with zero attached hydrogens (tertiary/aromatic N) is 8. The number of aromatic nitrogens is 14. The van der Waals surface area contributed by atoms with Crippen LogP contribution in [0.2, 0.25) is 0 Å². The highest BCUT2D eigenvalue weighted by Gasteiger charge is 2.38. The largest absolute Gasteiger partial charge is 0.383 e. The molecule has 0 radical (unpaired) electrons. The number of unbranched alkanes of at least 4 members (excludes halogenated alkanes) is 1.